The maximum Gasteiger partial charge on any atom is 0.191 e. The van der Waals surface area contributed by atoms with Gasteiger partial charge in [-0.05, 0) is 57.0 Å². The molecule has 0 saturated carbocycles. The van der Waals surface area contributed by atoms with Crippen LogP contribution in [-0.4, -0.2) is 71.4 Å². The highest BCUT2D eigenvalue weighted by atomic mass is 32.2. The van der Waals surface area contributed by atoms with Crippen molar-refractivity contribution in [1.29, 1.82) is 0 Å². The highest BCUT2D eigenvalue weighted by Crippen LogP contribution is 2.16. The molecule has 2 N–H and O–H groups in total. The predicted molar refractivity (Wildman–Crippen MR) is 114 cm³/mol. The van der Waals surface area contributed by atoms with Gasteiger partial charge in [0.25, 0.3) is 0 Å². The van der Waals surface area contributed by atoms with E-state index >= 15 is 0 Å². The van der Waals surface area contributed by atoms with Crippen molar-refractivity contribution in [3.63, 3.8) is 0 Å². The van der Waals surface area contributed by atoms with E-state index in [0.29, 0.717) is 29.8 Å². The third-order valence-electron chi connectivity index (χ3n) is 4.99. The lowest BCUT2D eigenvalue weighted by Gasteiger charge is -2.33. The van der Waals surface area contributed by atoms with Gasteiger partial charge in [0.1, 0.15) is 12.4 Å². The molecular weight excluding hydrogens is 376 g/mol. The average Bonchev–Trinajstić information content (AvgIpc) is 2.67. The van der Waals surface area contributed by atoms with Gasteiger partial charge in [-0.15, -0.1) is 0 Å². The summed E-state index contributed by atoms with van der Waals surface area (Å²) in [5, 5.41) is 6.56. The first-order chi connectivity index (χ1) is 13.4. The van der Waals surface area contributed by atoms with E-state index in [1.165, 1.54) is 32.1 Å². The zero-order valence-electron chi connectivity index (χ0n) is 17.3. The summed E-state index contributed by atoms with van der Waals surface area (Å²) in [7, 11) is -1.42. The monoisotopic (exact) mass is 410 g/mol. The van der Waals surface area contributed by atoms with Gasteiger partial charge in [0.2, 0.25) is 0 Å². The minimum Gasteiger partial charge on any atom is -0.492 e. The molecule has 0 amide bonds. The van der Waals surface area contributed by atoms with E-state index in [-0.39, 0.29) is 0 Å². The van der Waals surface area contributed by atoms with E-state index in [0.717, 1.165) is 25.5 Å². The molecule has 2 rings (SSSR count). The average molecular weight is 411 g/mol. The Labute approximate surface area is 169 Å². The summed E-state index contributed by atoms with van der Waals surface area (Å²) in [4.78, 5) is 7.10. The molecule has 1 aliphatic rings. The minimum absolute atomic E-state index is 0.293. The number of guanidine groups is 1. The number of benzene rings is 1. The number of sulfone groups is 1. The van der Waals surface area contributed by atoms with Crippen molar-refractivity contribution in [2.45, 2.75) is 43.5 Å². The first-order valence-electron chi connectivity index (χ1n) is 10.0. The summed E-state index contributed by atoms with van der Waals surface area (Å²) < 4.78 is 28.5. The van der Waals surface area contributed by atoms with Crippen molar-refractivity contribution in [3.8, 4) is 5.75 Å². The molecule has 1 aromatic carbocycles. The van der Waals surface area contributed by atoms with Gasteiger partial charge in [-0.1, -0.05) is 6.42 Å². The van der Waals surface area contributed by atoms with Gasteiger partial charge in [0.15, 0.2) is 15.8 Å². The molecule has 0 aromatic heterocycles. The van der Waals surface area contributed by atoms with Crippen LogP contribution in [0.2, 0.25) is 0 Å². The van der Waals surface area contributed by atoms with Gasteiger partial charge < -0.3 is 20.3 Å². The normalized spacial score (nSPS) is 18.7. The van der Waals surface area contributed by atoms with Gasteiger partial charge >= 0.3 is 0 Å². The molecule has 1 aromatic rings. The Hall–Kier alpha value is -1.80. The van der Waals surface area contributed by atoms with Crippen molar-refractivity contribution in [2.75, 3.05) is 46.1 Å². The van der Waals surface area contributed by atoms with E-state index in [9.17, 15) is 8.42 Å². The number of aliphatic imine (C=N–C) groups is 1. The van der Waals surface area contributed by atoms with Crippen LogP contribution in [0.3, 0.4) is 0 Å². The molecule has 7 nitrogen and oxygen atoms in total. The second kappa shape index (κ2) is 11.3. The predicted octanol–water partition coefficient (Wildman–Crippen LogP) is 1.90. The summed E-state index contributed by atoms with van der Waals surface area (Å²) in [6.07, 6.45) is 6.27. The number of nitrogens with one attached hydrogen (secondary N) is 2. The summed E-state index contributed by atoms with van der Waals surface area (Å²) in [6, 6.07) is 7.16. The molecule has 8 heteroatoms. The standard InChI is InChI=1S/C20H34N4O3S/c1-17-7-4-5-14-24(17)15-6-12-22-20(21-2)23-13-16-27-18-8-10-19(11-9-18)28(3,25)26/h8-11,17H,4-7,12-16H2,1-3H3,(H2,21,22,23). The third kappa shape index (κ3) is 7.67. The van der Waals surface area contributed by atoms with Crippen LogP contribution >= 0.6 is 0 Å². The molecule has 0 aliphatic carbocycles. The Morgan fingerprint density at radius 2 is 1.93 bits per heavy atom. The molecule has 1 saturated heterocycles. The molecule has 158 valence electrons. The number of ether oxygens (including phenoxy) is 1. The Balaban J connectivity index is 1.60. The SMILES string of the molecule is CN=C(NCCCN1CCCCC1C)NCCOc1ccc(S(C)(=O)=O)cc1. The molecule has 0 bridgehead atoms. The smallest absolute Gasteiger partial charge is 0.191 e. The minimum atomic E-state index is -3.18. The third-order valence-corrected chi connectivity index (χ3v) is 6.12. The van der Waals surface area contributed by atoms with E-state index in [1.54, 1.807) is 31.3 Å². The molecule has 0 radical (unpaired) electrons. The van der Waals surface area contributed by atoms with Gasteiger partial charge in [-0.3, -0.25) is 4.99 Å². The van der Waals surface area contributed by atoms with Gasteiger partial charge in [0, 0.05) is 32.4 Å². The van der Waals surface area contributed by atoms with E-state index in [1.807, 2.05) is 0 Å². The van der Waals surface area contributed by atoms with E-state index in [2.05, 4.69) is 27.4 Å². The summed E-state index contributed by atoms with van der Waals surface area (Å²) in [6.45, 7) is 6.62. The number of hydrogen-bond acceptors (Lipinski definition) is 5. The molecule has 1 fully saturated rings. The maximum absolute atomic E-state index is 11.5. The second-order valence-corrected chi connectivity index (χ2v) is 9.27. The quantitative estimate of drug-likeness (QED) is 0.368. The van der Waals surface area contributed by atoms with Crippen molar-refractivity contribution in [2.24, 2.45) is 4.99 Å². The first-order valence-corrected chi connectivity index (χ1v) is 11.9. The molecule has 0 spiro atoms. The fourth-order valence-corrected chi connectivity index (χ4v) is 3.95. The van der Waals surface area contributed by atoms with Crippen molar-refractivity contribution in [1.82, 2.24) is 15.5 Å². The number of likely N-dealkylation sites (tertiary alicyclic amines) is 1. The van der Waals surface area contributed by atoms with Crippen LogP contribution < -0.4 is 15.4 Å². The van der Waals surface area contributed by atoms with Crippen molar-refractivity contribution >= 4 is 15.8 Å². The van der Waals surface area contributed by atoms with Crippen LogP contribution in [0.1, 0.15) is 32.6 Å². The number of rotatable bonds is 9. The molecular formula is C20H34N4O3S. The number of hydrogen-bond donors (Lipinski definition) is 2. The zero-order chi connectivity index (χ0) is 20.4. The summed E-state index contributed by atoms with van der Waals surface area (Å²) >= 11 is 0. The maximum atomic E-state index is 11.5. The lowest BCUT2D eigenvalue weighted by atomic mass is 10.0. The largest absolute Gasteiger partial charge is 0.492 e. The lowest BCUT2D eigenvalue weighted by Crippen LogP contribution is -2.42. The molecule has 1 unspecified atom stereocenters. The van der Waals surface area contributed by atoms with E-state index in [4.69, 9.17) is 4.74 Å². The van der Waals surface area contributed by atoms with Crippen molar-refractivity contribution < 1.29 is 13.2 Å². The molecule has 1 aliphatic heterocycles. The van der Waals surface area contributed by atoms with Crippen LogP contribution in [0.25, 0.3) is 0 Å². The highest BCUT2D eigenvalue weighted by molar-refractivity contribution is 7.90. The summed E-state index contributed by atoms with van der Waals surface area (Å²) in [5.41, 5.74) is 0. The Bertz CT molecular complexity index is 719. The lowest BCUT2D eigenvalue weighted by molar-refractivity contribution is 0.159. The molecule has 28 heavy (non-hydrogen) atoms. The fourth-order valence-electron chi connectivity index (χ4n) is 3.32. The Kier molecular flexibility index (Phi) is 9.05. The first kappa shape index (κ1) is 22.5. The topological polar surface area (TPSA) is 83.0 Å². The van der Waals surface area contributed by atoms with Crippen LogP contribution in [-0.2, 0) is 9.84 Å². The number of piperidine rings is 1. The van der Waals surface area contributed by atoms with Gasteiger partial charge in [-0.2, -0.15) is 0 Å². The molecule has 1 heterocycles. The highest BCUT2D eigenvalue weighted by Gasteiger charge is 2.17. The van der Waals surface area contributed by atoms with E-state index < -0.39 is 9.84 Å². The van der Waals surface area contributed by atoms with Crippen LogP contribution in [0, 0.1) is 0 Å². The fraction of sp³-hybridized carbons (Fsp3) is 0.650. The number of nitrogens with zero attached hydrogens (tertiary/aromatic N) is 2. The summed E-state index contributed by atoms with van der Waals surface area (Å²) in [5.74, 6) is 1.41. The second-order valence-electron chi connectivity index (χ2n) is 7.25. The van der Waals surface area contributed by atoms with Gasteiger partial charge in [0.05, 0.1) is 11.4 Å². The Morgan fingerprint density at radius 3 is 2.57 bits per heavy atom. The van der Waals surface area contributed by atoms with Crippen molar-refractivity contribution in [3.05, 3.63) is 24.3 Å². The Morgan fingerprint density at radius 1 is 1.21 bits per heavy atom. The molecule has 1 atom stereocenters. The van der Waals surface area contributed by atoms with Crippen LogP contribution in [0.15, 0.2) is 34.2 Å². The van der Waals surface area contributed by atoms with Crippen LogP contribution in [0.4, 0.5) is 0 Å². The van der Waals surface area contributed by atoms with Crippen LogP contribution in [0.5, 0.6) is 5.75 Å². The zero-order valence-corrected chi connectivity index (χ0v) is 18.1. The van der Waals surface area contributed by atoms with Gasteiger partial charge in [-0.25, -0.2) is 8.42 Å².